The van der Waals surface area contributed by atoms with Crippen LogP contribution in [0.15, 0.2) is 4.99 Å². The van der Waals surface area contributed by atoms with Crippen LogP contribution in [0.3, 0.4) is 0 Å². The molecule has 1 saturated heterocycles. The maximum absolute atomic E-state index is 12.1. The van der Waals surface area contributed by atoms with E-state index in [1.54, 1.807) is 19.1 Å². The quantitative estimate of drug-likeness (QED) is 0.358. The topological polar surface area (TPSA) is 69.2 Å². The van der Waals surface area contributed by atoms with Gasteiger partial charge in [-0.1, -0.05) is 0 Å². The average molecular weight is 327 g/mol. The molecule has 1 fully saturated rings. The van der Waals surface area contributed by atoms with Crippen molar-refractivity contribution in [3.05, 3.63) is 0 Å². The first-order valence-electron chi connectivity index (χ1n) is 8.48. The summed E-state index contributed by atoms with van der Waals surface area (Å²) in [4.78, 5) is 20.3. The number of aliphatic imine (C=N–C) groups is 1. The predicted molar refractivity (Wildman–Crippen MR) is 93.8 cm³/mol. The largest absolute Gasteiger partial charge is 0.385 e. The second-order valence-corrected chi connectivity index (χ2v) is 6.05. The van der Waals surface area contributed by atoms with E-state index in [1.165, 1.54) is 0 Å². The summed E-state index contributed by atoms with van der Waals surface area (Å²) >= 11 is 0. The van der Waals surface area contributed by atoms with Crippen LogP contribution >= 0.6 is 0 Å². The van der Waals surface area contributed by atoms with Gasteiger partial charge >= 0.3 is 0 Å². The van der Waals surface area contributed by atoms with Crippen LogP contribution in [0.1, 0.15) is 25.7 Å². The molecule has 23 heavy (non-hydrogen) atoms. The summed E-state index contributed by atoms with van der Waals surface area (Å²) in [6.45, 7) is 4.41. The lowest BCUT2D eigenvalue weighted by atomic mass is 10.2. The van der Waals surface area contributed by atoms with Crippen molar-refractivity contribution in [1.82, 2.24) is 20.4 Å². The van der Waals surface area contributed by atoms with Crippen LogP contribution in [-0.2, 0) is 9.53 Å². The van der Waals surface area contributed by atoms with Crippen molar-refractivity contribution in [3.8, 4) is 0 Å². The highest BCUT2D eigenvalue weighted by Gasteiger charge is 2.30. The molecule has 1 atom stereocenters. The summed E-state index contributed by atoms with van der Waals surface area (Å²) in [7, 11) is 7.15. The molecule has 1 amide bonds. The molecule has 1 unspecified atom stereocenters. The van der Waals surface area contributed by atoms with Gasteiger partial charge in [0.25, 0.3) is 0 Å². The molecular weight excluding hydrogens is 294 g/mol. The second-order valence-electron chi connectivity index (χ2n) is 6.05. The van der Waals surface area contributed by atoms with E-state index in [-0.39, 0.29) is 11.9 Å². The highest BCUT2D eigenvalue weighted by atomic mass is 16.5. The number of nitrogens with zero attached hydrogens (tertiary/aromatic N) is 3. The molecule has 1 aliphatic rings. The number of nitrogens with one attached hydrogen (secondary N) is 2. The fourth-order valence-electron chi connectivity index (χ4n) is 2.80. The summed E-state index contributed by atoms with van der Waals surface area (Å²) in [6, 6.07) is 0.0662. The number of ether oxygens (including phenoxy) is 1. The number of carbonyl (C=O) groups excluding carboxylic acids is 1. The van der Waals surface area contributed by atoms with Gasteiger partial charge in [0.05, 0.1) is 6.04 Å². The number of hydrogen-bond donors (Lipinski definition) is 2. The third-order valence-electron chi connectivity index (χ3n) is 4.05. The SMILES string of the molecule is CN=C(NCCCOC)NCCCN1CCCC1C(=O)N(C)C. The van der Waals surface area contributed by atoms with E-state index in [1.807, 2.05) is 14.1 Å². The Kier molecular flexibility index (Phi) is 9.63. The van der Waals surface area contributed by atoms with Gasteiger partial charge in [0.2, 0.25) is 5.91 Å². The maximum Gasteiger partial charge on any atom is 0.239 e. The molecule has 7 nitrogen and oxygen atoms in total. The molecule has 1 aliphatic heterocycles. The maximum atomic E-state index is 12.1. The van der Waals surface area contributed by atoms with E-state index >= 15 is 0 Å². The molecule has 2 N–H and O–H groups in total. The minimum Gasteiger partial charge on any atom is -0.385 e. The number of methoxy groups -OCH3 is 1. The molecular formula is C16H33N5O2. The Bertz CT molecular complexity index is 373. The van der Waals surface area contributed by atoms with Crippen LogP contribution in [0.25, 0.3) is 0 Å². The van der Waals surface area contributed by atoms with Gasteiger partial charge in [0.15, 0.2) is 5.96 Å². The van der Waals surface area contributed by atoms with Crippen LogP contribution in [0.4, 0.5) is 0 Å². The summed E-state index contributed by atoms with van der Waals surface area (Å²) < 4.78 is 5.02. The van der Waals surface area contributed by atoms with Gasteiger partial charge in [0, 0.05) is 54.5 Å². The van der Waals surface area contributed by atoms with Crippen molar-refractivity contribution in [3.63, 3.8) is 0 Å². The molecule has 7 heteroatoms. The van der Waals surface area contributed by atoms with Crippen LogP contribution in [-0.4, -0.2) is 88.7 Å². The first-order chi connectivity index (χ1) is 11.1. The molecule has 0 aromatic carbocycles. The minimum atomic E-state index is 0.0662. The van der Waals surface area contributed by atoms with Gasteiger partial charge < -0.3 is 20.3 Å². The van der Waals surface area contributed by atoms with E-state index in [0.29, 0.717) is 0 Å². The van der Waals surface area contributed by atoms with Crippen LogP contribution in [0, 0.1) is 0 Å². The Morgan fingerprint density at radius 1 is 1.30 bits per heavy atom. The van der Waals surface area contributed by atoms with Gasteiger partial charge in [-0.3, -0.25) is 14.7 Å². The number of likely N-dealkylation sites (N-methyl/N-ethyl adjacent to an activating group) is 1. The lowest BCUT2D eigenvalue weighted by molar-refractivity contribution is -0.133. The molecule has 0 saturated carbocycles. The first kappa shape index (κ1) is 19.7. The molecule has 0 aliphatic carbocycles. The Balaban J connectivity index is 2.21. The van der Waals surface area contributed by atoms with E-state index in [4.69, 9.17) is 4.74 Å². The van der Waals surface area contributed by atoms with Crippen molar-refractivity contribution >= 4 is 11.9 Å². The van der Waals surface area contributed by atoms with Crippen LogP contribution in [0.2, 0.25) is 0 Å². The van der Waals surface area contributed by atoms with Crippen molar-refractivity contribution < 1.29 is 9.53 Å². The van der Waals surface area contributed by atoms with Crippen molar-refractivity contribution in [2.45, 2.75) is 31.7 Å². The Morgan fingerprint density at radius 2 is 2.00 bits per heavy atom. The van der Waals surface area contributed by atoms with E-state index in [0.717, 1.165) is 64.4 Å². The Labute approximate surface area is 140 Å². The molecule has 0 aromatic heterocycles. The van der Waals surface area contributed by atoms with Crippen LogP contribution in [0.5, 0.6) is 0 Å². The minimum absolute atomic E-state index is 0.0662. The predicted octanol–water partition coefficient (Wildman–Crippen LogP) is 0.131. The normalized spacial score (nSPS) is 19.0. The Morgan fingerprint density at radius 3 is 2.61 bits per heavy atom. The number of carbonyl (C=O) groups is 1. The first-order valence-corrected chi connectivity index (χ1v) is 8.48. The van der Waals surface area contributed by atoms with Crippen molar-refractivity contribution in [2.75, 3.05) is 61.0 Å². The molecule has 0 radical (unpaired) electrons. The zero-order chi connectivity index (χ0) is 17.1. The zero-order valence-corrected chi connectivity index (χ0v) is 15.1. The number of likely N-dealkylation sites (tertiary alicyclic amines) is 1. The van der Waals surface area contributed by atoms with E-state index < -0.39 is 0 Å². The van der Waals surface area contributed by atoms with Crippen molar-refractivity contribution in [1.29, 1.82) is 0 Å². The lowest BCUT2D eigenvalue weighted by Crippen LogP contribution is -2.44. The number of rotatable bonds is 9. The molecule has 1 rings (SSSR count). The van der Waals surface area contributed by atoms with Gasteiger partial charge in [0.1, 0.15) is 0 Å². The second kappa shape index (κ2) is 11.2. The smallest absolute Gasteiger partial charge is 0.239 e. The van der Waals surface area contributed by atoms with Gasteiger partial charge in [-0.05, 0) is 32.2 Å². The third-order valence-corrected chi connectivity index (χ3v) is 4.05. The highest BCUT2D eigenvalue weighted by molar-refractivity contribution is 5.81. The molecule has 134 valence electrons. The number of hydrogen-bond acceptors (Lipinski definition) is 4. The summed E-state index contributed by atoms with van der Waals surface area (Å²) in [5, 5.41) is 6.57. The van der Waals surface area contributed by atoms with Gasteiger partial charge in [-0.25, -0.2) is 0 Å². The Hall–Kier alpha value is -1.34. The molecule has 0 spiro atoms. The number of guanidine groups is 1. The highest BCUT2D eigenvalue weighted by Crippen LogP contribution is 2.18. The average Bonchev–Trinajstić information content (AvgIpc) is 3.00. The monoisotopic (exact) mass is 327 g/mol. The standard InChI is InChI=1S/C16H33N5O2/c1-17-16(19-10-7-13-23-4)18-9-6-12-21-11-5-8-14(21)15(22)20(2)3/h14H,5-13H2,1-4H3,(H2,17,18,19). The van der Waals surface area contributed by atoms with E-state index in [9.17, 15) is 4.79 Å². The third kappa shape index (κ3) is 7.18. The van der Waals surface area contributed by atoms with Gasteiger partial charge in [-0.15, -0.1) is 0 Å². The lowest BCUT2D eigenvalue weighted by Gasteiger charge is -2.26. The fourth-order valence-corrected chi connectivity index (χ4v) is 2.80. The molecule has 1 heterocycles. The summed E-state index contributed by atoms with van der Waals surface area (Å²) in [5.41, 5.74) is 0. The number of amides is 1. The fraction of sp³-hybridized carbons (Fsp3) is 0.875. The zero-order valence-electron chi connectivity index (χ0n) is 15.1. The summed E-state index contributed by atoms with van der Waals surface area (Å²) in [5.74, 6) is 1.05. The van der Waals surface area contributed by atoms with Crippen LogP contribution < -0.4 is 10.6 Å². The molecule has 0 bridgehead atoms. The molecule has 0 aromatic rings. The summed E-state index contributed by atoms with van der Waals surface area (Å²) in [6.07, 6.45) is 4.04. The van der Waals surface area contributed by atoms with E-state index in [2.05, 4.69) is 20.5 Å². The van der Waals surface area contributed by atoms with Gasteiger partial charge in [-0.2, -0.15) is 0 Å². The van der Waals surface area contributed by atoms with Crippen molar-refractivity contribution in [2.24, 2.45) is 4.99 Å².